The standard InChI is InChI=1S/C21H19IN2O4S/c1-3-15-17(22)16-19(23-11-24-20(16)29-15)28-14(21(25)26-4-2)10-13-7-5-6-12-8-9-27-18(12)13/h5-9,11,14H,3-4,10H2,1-2H3. The van der Waals surface area contributed by atoms with E-state index in [1.165, 1.54) is 11.2 Å². The summed E-state index contributed by atoms with van der Waals surface area (Å²) in [6.07, 6.45) is 3.49. The monoisotopic (exact) mass is 522 g/mol. The number of thiophene rings is 1. The molecule has 0 N–H and O–H groups in total. The van der Waals surface area contributed by atoms with E-state index in [2.05, 4.69) is 39.5 Å². The molecule has 4 rings (SSSR count). The lowest BCUT2D eigenvalue weighted by atomic mass is 10.1. The molecule has 0 aliphatic heterocycles. The number of para-hydroxylation sites is 1. The summed E-state index contributed by atoms with van der Waals surface area (Å²) in [5.41, 5.74) is 1.63. The molecule has 1 aromatic carbocycles. The van der Waals surface area contributed by atoms with Gasteiger partial charge in [0.05, 0.1) is 18.3 Å². The van der Waals surface area contributed by atoms with Crippen LogP contribution in [-0.4, -0.2) is 28.6 Å². The summed E-state index contributed by atoms with van der Waals surface area (Å²) in [4.78, 5) is 23.5. The highest BCUT2D eigenvalue weighted by Crippen LogP contribution is 2.36. The lowest BCUT2D eigenvalue weighted by Gasteiger charge is -2.18. The number of aryl methyl sites for hydroxylation is 1. The molecule has 0 radical (unpaired) electrons. The van der Waals surface area contributed by atoms with E-state index < -0.39 is 12.1 Å². The molecule has 8 heteroatoms. The van der Waals surface area contributed by atoms with Crippen molar-refractivity contribution in [1.29, 1.82) is 0 Å². The summed E-state index contributed by atoms with van der Waals surface area (Å²) in [5, 5.41) is 1.83. The molecule has 4 aromatic rings. The van der Waals surface area contributed by atoms with Crippen molar-refractivity contribution in [3.05, 3.63) is 50.9 Å². The van der Waals surface area contributed by atoms with Crippen LogP contribution in [0.25, 0.3) is 21.2 Å². The summed E-state index contributed by atoms with van der Waals surface area (Å²) < 4.78 is 18.1. The largest absolute Gasteiger partial charge is 0.464 e. The van der Waals surface area contributed by atoms with Crippen LogP contribution in [0.15, 0.2) is 41.3 Å². The lowest BCUT2D eigenvalue weighted by Crippen LogP contribution is -2.32. The van der Waals surface area contributed by atoms with E-state index in [0.717, 1.165) is 36.7 Å². The lowest BCUT2D eigenvalue weighted by molar-refractivity contribution is -0.151. The van der Waals surface area contributed by atoms with Gasteiger partial charge in [0.15, 0.2) is 0 Å². The van der Waals surface area contributed by atoms with Gasteiger partial charge in [-0.15, -0.1) is 11.3 Å². The number of furan rings is 1. The maximum Gasteiger partial charge on any atom is 0.347 e. The predicted octanol–water partition coefficient (Wildman–Crippen LogP) is 5.16. The highest BCUT2D eigenvalue weighted by atomic mass is 127. The molecule has 29 heavy (non-hydrogen) atoms. The van der Waals surface area contributed by atoms with E-state index in [1.54, 1.807) is 24.5 Å². The molecule has 0 spiro atoms. The van der Waals surface area contributed by atoms with Gasteiger partial charge in [-0.25, -0.2) is 14.8 Å². The molecule has 3 heterocycles. The van der Waals surface area contributed by atoms with Crippen molar-refractivity contribution in [2.45, 2.75) is 32.8 Å². The number of esters is 1. The number of halogens is 1. The van der Waals surface area contributed by atoms with Gasteiger partial charge in [-0.3, -0.25) is 0 Å². The highest BCUT2D eigenvalue weighted by molar-refractivity contribution is 14.1. The van der Waals surface area contributed by atoms with E-state index >= 15 is 0 Å². The van der Waals surface area contributed by atoms with Crippen molar-refractivity contribution >= 4 is 61.1 Å². The number of nitrogens with zero attached hydrogens (tertiary/aromatic N) is 2. The SMILES string of the molecule is CCOC(=O)C(Cc1cccc2ccoc12)Oc1ncnc2sc(CC)c(I)c12. The van der Waals surface area contributed by atoms with Gasteiger partial charge in [-0.2, -0.15) is 0 Å². The fourth-order valence-corrected chi connectivity index (χ4v) is 5.54. The number of rotatable bonds is 7. The number of fused-ring (bicyclic) bond motifs is 2. The molecule has 1 atom stereocenters. The van der Waals surface area contributed by atoms with E-state index in [0.29, 0.717) is 12.3 Å². The number of carbonyl (C=O) groups is 1. The molecule has 1 unspecified atom stereocenters. The second-order valence-corrected chi connectivity index (χ2v) is 8.53. The van der Waals surface area contributed by atoms with E-state index in [-0.39, 0.29) is 6.61 Å². The molecule has 0 saturated heterocycles. The molecule has 0 amide bonds. The molecular formula is C21H19IN2O4S. The van der Waals surface area contributed by atoms with Crippen LogP contribution in [0.3, 0.4) is 0 Å². The molecule has 0 bridgehead atoms. The highest BCUT2D eigenvalue weighted by Gasteiger charge is 2.27. The maximum atomic E-state index is 12.7. The van der Waals surface area contributed by atoms with Gasteiger partial charge in [-0.1, -0.05) is 25.1 Å². The van der Waals surface area contributed by atoms with Crippen molar-refractivity contribution in [2.75, 3.05) is 6.61 Å². The molecule has 0 aliphatic rings. The Morgan fingerprint density at radius 3 is 2.93 bits per heavy atom. The van der Waals surface area contributed by atoms with Gasteiger partial charge in [0.1, 0.15) is 16.7 Å². The Labute approximate surface area is 185 Å². The number of carbonyl (C=O) groups excluding carboxylic acids is 1. The first-order valence-electron chi connectivity index (χ1n) is 9.32. The van der Waals surface area contributed by atoms with Crippen molar-refractivity contribution in [1.82, 2.24) is 9.97 Å². The zero-order chi connectivity index (χ0) is 20.4. The van der Waals surface area contributed by atoms with Crippen LogP contribution in [0.5, 0.6) is 5.88 Å². The first kappa shape index (κ1) is 20.1. The summed E-state index contributed by atoms with van der Waals surface area (Å²) in [6.45, 7) is 4.16. The summed E-state index contributed by atoms with van der Waals surface area (Å²) in [6, 6.07) is 7.73. The summed E-state index contributed by atoms with van der Waals surface area (Å²) in [7, 11) is 0. The Morgan fingerprint density at radius 2 is 2.14 bits per heavy atom. The van der Waals surface area contributed by atoms with E-state index in [1.807, 2.05) is 24.3 Å². The molecular weight excluding hydrogens is 503 g/mol. The van der Waals surface area contributed by atoms with Crippen molar-refractivity contribution < 1.29 is 18.7 Å². The summed E-state index contributed by atoms with van der Waals surface area (Å²) >= 11 is 3.91. The minimum absolute atomic E-state index is 0.277. The van der Waals surface area contributed by atoms with Crippen molar-refractivity contribution in [2.24, 2.45) is 0 Å². The number of hydrogen-bond donors (Lipinski definition) is 0. The molecule has 0 saturated carbocycles. The first-order chi connectivity index (χ1) is 14.1. The second kappa shape index (κ2) is 8.66. The van der Waals surface area contributed by atoms with Crippen LogP contribution in [0.2, 0.25) is 0 Å². The average Bonchev–Trinajstić information content (AvgIpc) is 3.33. The van der Waals surface area contributed by atoms with Crippen molar-refractivity contribution in [3.8, 4) is 5.88 Å². The summed E-state index contributed by atoms with van der Waals surface area (Å²) in [5.74, 6) is -0.0243. The van der Waals surface area contributed by atoms with E-state index in [9.17, 15) is 4.79 Å². The van der Waals surface area contributed by atoms with Crippen LogP contribution >= 0.6 is 33.9 Å². The zero-order valence-electron chi connectivity index (χ0n) is 16.0. The second-order valence-electron chi connectivity index (χ2n) is 6.37. The minimum Gasteiger partial charge on any atom is -0.464 e. The Kier molecular flexibility index (Phi) is 6.00. The van der Waals surface area contributed by atoms with Gasteiger partial charge in [0, 0.05) is 20.3 Å². The van der Waals surface area contributed by atoms with Crippen LogP contribution in [-0.2, 0) is 22.4 Å². The third-order valence-corrected chi connectivity index (χ3v) is 7.35. The van der Waals surface area contributed by atoms with Crippen molar-refractivity contribution in [3.63, 3.8) is 0 Å². The first-order valence-corrected chi connectivity index (χ1v) is 11.2. The van der Waals surface area contributed by atoms with Gasteiger partial charge in [-0.05, 0) is 47.6 Å². The van der Waals surface area contributed by atoms with Gasteiger partial charge >= 0.3 is 5.97 Å². The molecule has 3 aromatic heterocycles. The number of benzene rings is 1. The smallest absolute Gasteiger partial charge is 0.347 e. The molecule has 0 fully saturated rings. The number of ether oxygens (including phenoxy) is 2. The Bertz CT molecular complexity index is 1170. The molecule has 150 valence electrons. The van der Waals surface area contributed by atoms with Crippen LogP contribution in [0.4, 0.5) is 0 Å². The van der Waals surface area contributed by atoms with E-state index in [4.69, 9.17) is 13.9 Å². The fraction of sp³-hybridized carbons (Fsp3) is 0.286. The zero-order valence-corrected chi connectivity index (χ0v) is 19.0. The topological polar surface area (TPSA) is 74.5 Å². The van der Waals surface area contributed by atoms with Gasteiger partial charge in [0.2, 0.25) is 12.0 Å². The predicted molar refractivity (Wildman–Crippen MR) is 120 cm³/mol. The quantitative estimate of drug-likeness (QED) is 0.247. The van der Waals surface area contributed by atoms with Gasteiger partial charge in [0.25, 0.3) is 0 Å². The maximum absolute atomic E-state index is 12.7. The van der Waals surface area contributed by atoms with Gasteiger partial charge < -0.3 is 13.9 Å². The van der Waals surface area contributed by atoms with Crippen LogP contribution in [0, 0.1) is 3.57 Å². The normalized spacial score (nSPS) is 12.4. The third kappa shape index (κ3) is 3.95. The number of aromatic nitrogens is 2. The Hall–Kier alpha value is -2.20. The average molecular weight is 522 g/mol. The Morgan fingerprint density at radius 1 is 1.28 bits per heavy atom. The molecule has 6 nitrogen and oxygen atoms in total. The fourth-order valence-electron chi connectivity index (χ4n) is 3.20. The minimum atomic E-state index is -0.843. The molecule has 0 aliphatic carbocycles. The van der Waals surface area contributed by atoms with Crippen LogP contribution < -0.4 is 4.74 Å². The number of hydrogen-bond acceptors (Lipinski definition) is 7. The Balaban J connectivity index is 1.72. The third-order valence-electron chi connectivity index (χ3n) is 4.55. The van der Waals surface area contributed by atoms with Crippen LogP contribution in [0.1, 0.15) is 24.3 Å².